The molecule has 8 nitrogen and oxygen atoms in total. The Morgan fingerprint density at radius 2 is 2.29 bits per heavy atom. The number of nitrogens with two attached hydrogens (primary N) is 1. The summed E-state index contributed by atoms with van der Waals surface area (Å²) in [5.74, 6) is 1.33. The summed E-state index contributed by atoms with van der Waals surface area (Å²) in [5.41, 5.74) is 6.57. The lowest BCUT2D eigenvalue weighted by Crippen LogP contribution is -2.42. The molecule has 154 valence electrons. The van der Waals surface area contributed by atoms with Crippen LogP contribution in [0.5, 0.6) is 0 Å². The second-order valence-electron chi connectivity index (χ2n) is 7.38. The number of primary amides is 1. The van der Waals surface area contributed by atoms with E-state index in [0.29, 0.717) is 13.1 Å². The smallest absolute Gasteiger partial charge is 0.222 e. The number of aromatic nitrogens is 1. The summed E-state index contributed by atoms with van der Waals surface area (Å²) in [5, 5.41) is 6.66. The van der Waals surface area contributed by atoms with E-state index in [1.54, 1.807) is 6.20 Å². The largest absolute Gasteiger partial charge is 0.376 e. The number of pyridine rings is 1. The first-order valence-electron chi connectivity index (χ1n) is 10.3. The van der Waals surface area contributed by atoms with Crippen LogP contribution in [0.3, 0.4) is 0 Å². The van der Waals surface area contributed by atoms with Gasteiger partial charge in [0, 0.05) is 44.5 Å². The van der Waals surface area contributed by atoms with Crippen molar-refractivity contribution in [1.82, 2.24) is 15.6 Å². The van der Waals surface area contributed by atoms with Gasteiger partial charge in [-0.2, -0.15) is 0 Å². The number of ether oxygens (including phenoxy) is 1. The molecule has 0 aromatic carbocycles. The summed E-state index contributed by atoms with van der Waals surface area (Å²) in [6, 6.07) is 3.97. The van der Waals surface area contributed by atoms with Gasteiger partial charge in [0.05, 0.1) is 18.6 Å². The lowest BCUT2D eigenvalue weighted by Gasteiger charge is -2.33. The van der Waals surface area contributed by atoms with Crippen LogP contribution < -0.4 is 21.3 Å². The topological polar surface area (TPSA) is 105 Å². The van der Waals surface area contributed by atoms with E-state index in [2.05, 4.69) is 27.4 Å². The van der Waals surface area contributed by atoms with E-state index in [-0.39, 0.29) is 17.9 Å². The quantitative estimate of drug-likeness (QED) is 0.476. The molecule has 8 heteroatoms. The second kappa shape index (κ2) is 10.3. The average molecular weight is 389 g/mol. The summed E-state index contributed by atoms with van der Waals surface area (Å²) in [7, 11) is 0. The Morgan fingerprint density at radius 1 is 1.39 bits per heavy atom. The molecule has 1 aromatic heterocycles. The number of rotatable bonds is 7. The van der Waals surface area contributed by atoms with E-state index in [1.807, 2.05) is 12.1 Å². The van der Waals surface area contributed by atoms with Crippen molar-refractivity contribution in [2.75, 3.05) is 37.7 Å². The highest BCUT2D eigenvalue weighted by Crippen LogP contribution is 2.25. The van der Waals surface area contributed by atoms with Crippen molar-refractivity contribution in [2.45, 2.75) is 45.3 Å². The molecule has 2 fully saturated rings. The number of hydrogen-bond acceptors (Lipinski definition) is 5. The Labute approximate surface area is 166 Å². The molecule has 0 radical (unpaired) electrons. The van der Waals surface area contributed by atoms with Crippen LogP contribution in [-0.4, -0.2) is 55.7 Å². The zero-order valence-electron chi connectivity index (χ0n) is 16.7. The number of hydrogen-bond donors (Lipinski definition) is 3. The fourth-order valence-corrected chi connectivity index (χ4v) is 3.76. The van der Waals surface area contributed by atoms with Crippen LogP contribution in [0.1, 0.15) is 38.2 Å². The third-order valence-corrected chi connectivity index (χ3v) is 5.26. The minimum Gasteiger partial charge on any atom is -0.376 e. The number of nitrogens with one attached hydrogen (secondary N) is 2. The Balaban J connectivity index is 1.66. The van der Waals surface area contributed by atoms with Gasteiger partial charge < -0.3 is 26.0 Å². The SMILES string of the molecule is CCNC(=NCc1cccnc1N1CCCC(C(N)=O)C1)NCC1CCCO1. The number of anilines is 1. The van der Waals surface area contributed by atoms with Crippen molar-refractivity contribution in [1.29, 1.82) is 0 Å². The summed E-state index contributed by atoms with van der Waals surface area (Å²) >= 11 is 0. The van der Waals surface area contributed by atoms with Crippen LogP contribution in [0, 0.1) is 5.92 Å². The molecule has 2 unspecified atom stereocenters. The Kier molecular flexibility index (Phi) is 7.47. The monoisotopic (exact) mass is 388 g/mol. The molecule has 0 aliphatic carbocycles. The highest BCUT2D eigenvalue weighted by atomic mass is 16.5. The molecule has 2 atom stereocenters. The van der Waals surface area contributed by atoms with Gasteiger partial charge in [-0.25, -0.2) is 9.98 Å². The molecular formula is C20H32N6O2. The number of nitrogens with zero attached hydrogens (tertiary/aromatic N) is 3. The molecule has 3 rings (SSSR count). The molecule has 1 aromatic rings. The molecule has 0 bridgehead atoms. The van der Waals surface area contributed by atoms with Gasteiger partial charge in [-0.05, 0) is 38.7 Å². The van der Waals surface area contributed by atoms with E-state index in [0.717, 1.165) is 69.3 Å². The van der Waals surface area contributed by atoms with Crippen LogP contribution in [0.15, 0.2) is 23.3 Å². The van der Waals surface area contributed by atoms with Crippen molar-refractivity contribution in [3.8, 4) is 0 Å². The number of carbonyl (C=O) groups excluding carboxylic acids is 1. The Hall–Kier alpha value is -2.35. The first-order valence-corrected chi connectivity index (χ1v) is 10.3. The standard InChI is InChI=1S/C20H32N6O2/c1-2-22-20(25-13-17-8-5-11-28-17)24-12-15-6-3-9-23-19(15)26-10-4-7-16(14-26)18(21)27/h3,6,9,16-17H,2,4-5,7-8,10-14H2,1H3,(H2,21,27)(H2,22,24,25). The minimum atomic E-state index is -0.229. The van der Waals surface area contributed by atoms with E-state index in [4.69, 9.17) is 15.5 Å². The van der Waals surface area contributed by atoms with Crippen molar-refractivity contribution in [3.63, 3.8) is 0 Å². The molecule has 0 saturated carbocycles. The van der Waals surface area contributed by atoms with Crippen molar-refractivity contribution >= 4 is 17.7 Å². The zero-order chi connectivity index (χ0) is 19.8. The lowest BCUT2D eigenvalue weighted by molar-refractivity contribution is -0.122. The maximum absolute atomic E-state index is 11.6. The van der Waals surface area contributed by atoms with E-state index >= 15 is 0 Å². The van der Waals surface area contributed by atoms with Crippen LogP contribution in [-0.2, 0) is 16.1 Å². The van der Waals surface area contributed by atoms with Gasteiger partial charge in [0.15, 0.2) is 5.96 Å². The molecule has 3 heterocycles. The molecule has 28 heavy (non-hydrogen) atoms. The van der Waals surface area contributed by atoms with Crippen LogP contribution >= 0.6 is 0 Å². The molecule has 2 aliphatic heterocycles. The summed E-state index contributed by atoms with van der Waals surface area (Å²) in [6.07, 6.45) is 6.06. The van der Waals surface area contributed by atoms with Crippen molar-refractivity contribution in [2.24, 2.45) is 16.6 Å². The maximum Gasteiger partial charge on any atom is 0.222 e. The van der Waals surface area contributed by atoms with Gasteiger partial charge in [-0.3, -0.25) is 4.79 Å². The molecular weight excluding hydrogens is 356 g/mol. The minimum absolute atomic E-state index is 0.113. The third kappa shape index (κ3) is 5.58. The van der Waals surface area contributed by atoms with Crippen molar-refractivity contribution < 1.29 is 9.53 Å². The fourth-order valence-electron chi connectivity index (χ4n) is 3.76. The fraction of sp³-hybridized carbons (Fsp3) is 0.650. The first kappa shape index (κ1) is 20.4. The van der Waals surface area contributed by atoms with Crippen molar-refractivity contribution in [3.05, 3.63) is 23.9 Å². The average Bonchev–Trinajstić information content (AvgIpc) is 3.24. The van der Waals surface area contributed by atoms with Gasteiger partial charge in [0.25, 0.3) is 0 Å². The van der Waals surface area contributed by atoms with Gasteiger partial charge >= 0.3 is 0 Å². The normalized spacial score (nSPS) is 22.9. The zero-order valence-corrected chi connectivity index (χ0v) is 16.7. The summed E-state index contributed by atoms with van der Waals surface area (Å²) < 4.78 is 5.67. The molecule has 4 N–H and O–H groups in total. The van der Waals surface area contributed by atoms with Gasteiger partial charge in [-0.15, -0.1) is 0 Å². The maximum atomic E-state index is 11.6. The number of aliphatic imine (C=N–C) groups is 1. The van der Waals surface area contributed by atoms with E-state index < -0.39 is 0 Å². The highest BCUT2D eigenvalue weighted by molar-refractivity contribution is 5.80. The molecule has 0 spiro atoms. The molecule has 1 amide bonds. The Morgan fingerprint density at radius 3 is 3.04 bits per heavy atom. The Bertz CT molecular complexity index is 674. The number of amides is 1. The lowest BCUT2D eigenvalue weighted by atomic mass is 9.97. The number of piperidine rings is 1. The van der Waals surface area contributed by atoms with Crippen LogP contribution in [0.4, 0.5) is 5.82 Å². The van der Waals surface area contributed by atoms with Gasteiger partial charge in [0.2, 0.25) is 5.91 Å². The molecule has 2 saturated heterocycles. The number of guanidine groups is 1. The predicted molar refractivity (Wildman–Crippen MR) is 110 cm³/mol. The van der Waals surface area contributed by atoms with Crippen LogP contribution in [0.2, 0.25) is 0 Å². The van der Waals surface area contributed by atoms with Gasteiger partial charge in [0.1, 0.15) is 5.82 Å². The van der Waals surface area contributed by atoms with E-state index in [9.17, 15) is 4.79 Å². The summed E-state index contributed by atoms with van der Waals surface area (Å²) in [4.78, 5) is 23.1. The first-order chi connectivity index (χ1) is 13.7. The number of carbonyl (C=O) groups is 1. The van der Waals surface area contributed by atoms with Gasteiger partial charge in [-0.1, -0.05) is 6.07 Å². The second-order valence-corrected chi connectivity index (χ2v) is 7.38. The highest BCUT2D eigenvalue weighted by Gasteiger charge is 2.26. The van der Waals surface area contributed by atoms with E-state index in [1.165, 1.54) is 0 Å². The predicted octanol–water partition coefficient (Wildman–Crippen LogP) is 1.02. The third-order valence-electron chi connectivity index (χ3n) is 5.26. The van der Waals surface area contributed by atoms with Crippen LogP contribution in [0.25, 0.3) is 0 Å². The molecule has 2 aliphatic rings. The summed E-state index contributed by atoms with van der Waals surface area (Å²) in [6.45, 7) is 6.48.